The van der Waals surface area contributed by atoms with Gasteiger partial charge < -0.3 is 14.9 Å². The van der Waals surface area contributed by atoms with Crippen LogP contribution in [0.1, 0.15) is 32.6 Å². The zero-order valence-electron chi connectivity index (χ0n) is 12.3. The summed E-state index contributed by atoms with van der Waals surface area (Å²) in [4.78, 5) is 11.0. The number of hydrogen-bond donors (Lipinski definition) is 2. The summed E-state index contributed by atoms with van der Waals surface area (Å²) >= 11 is 0. The van der Waals surface area contributed by atoms with Crippen LogP contribution in [-0.2, 0) is 9.53 Å². The molecule has 0 aromatic rings. The Morgan fingerprint density at radius 1 is 1.13 bits per heavy atom. The Morgan fingerprint density at radius 2 is 1.61 bits per heavy atom. The third-order valence-corrected chi connectivity index (χ3v) is 2.86. The lowest BCUT2D eigenvalue weighted by atomic mass is 9.97. The lowest BCUT2D eigenvalue weighted by Crippen LogP contribution is -2.54. The quantitative estimate of drug-likeness (QED) is 0.275. The molecule has 0 rings (SSSR count). The van der Waals surface area contributed by atoms with Gasteiger partial charge in [-0.2, -0.15) is 26.3 Å². The molecule has 1 atom stereocenters. The van der Waals surface area contributed by atoms with E-state index >= 15 is 0 Å². The molecule has 0 saturated carbocycles. The minimum Gasteiger partial charge on any atom is -0.433 e. The Labute approximate surface area is 128 Å². The molecular formula is C13H18F6O4. The van der Waals surface area contributed by atoms with Crippen LogP contribution in [0.25, 0.3) is 0 Å². The minimum atomic E-state index is -5.69. The van der Waals surface area contributed by atoms with Crippen molar-refractivity contribution in [2.75, 3.05) is 6.61 Å². The number of esters is 1. The van der Waals surface area contributed by atoms with Crippen LogP contribution in [0.15, 0.2) is 12.2 Å². The average Bonchev–Trinajstić information content (AvgIpc) is 2.42. The third kappa shape index (κ3) is 5.69. The molecule has 10 heteroatoms. The number of rotatable bonds is 10. The van der Waals surface area contributed by atoms with Crippen molar-refractivity contribution in [2.24, 2.45) is 0 Å². The first-order valence-electron chi connectivity index (χ1n) is 6.57. The average molecular weight is 352 g/mol. The monoisotopic (exact) mass is 352 g/mol. The van der Waals surface area contributed by atoms with Gasteiger partial charge in [-0.1, -0.05) is 6.58 Å². The van der Waals surface area contributed by atoms with Crippen molar-refractivity contribution in [3.05, 3.63) is 12.2 Å². The lowest BCUT2D eigenvalue weighted by molar-refractivity contribution is -0.314. The number of carbonyl (C=O) groups is 1. The molecule has 23 heavy (non-hydrogen) atoms. The van der Waals surface area contributed by atoms with Crippen LogP contribution in [0, 0.1) is 0 Å². The van der Waals surface area contributed by atoms with E-state index in [-0.39, 0.29) is 5.57 Å². The largest absolute Gasteiger partial charge is 0.433 e. The number of halogens is 6. The van der Waals surface area contributed by atoms with E-state index in [9.17, 15) is 31.1 Å². The molecule has 0 aliphatic rings. The van der Waals surface area contributed by atoms with Crippen molar-refractivity contribution in [1.82, 2.24) is 0 Å². The maximum absolute atomic E-state index is 13.4. The fraction of sp³-hybridized carbons (Fsp3) is 0.769. The highest BCUT2D eigenvalue weighted by atomic mass is 19.3. The Hall–Kier alpha value is -1.29. The number of carbonyl (C=O) groups excluding carboxylic acids is 1. The van der Waals surface area contributed by atoms with Gasteiger partial charge in [0.05, 0.1) is 0 Å². The minimum absolute atomic E-state index is 0.170. The van der Waals surface area contributed by atoms with E-state index in [2.05, 4.69) is 11.3 Å². The van der Waals surface area contributed by atoms with E-state index < -0.39 is 62.3 Å². The van der Waals surface area contributed by atoms with Crippen LogP contribution < -0.4 is 0 Å². The van der Waals surface area contributed by atoms with Gasteiger partial charge in [0.15, 0.2) is 0 Å². The van der Waals surface area contributed by atoms with Gasteiger partial charge in [-0.05, 0) is 13.3 Å². The molecule has 0 aromatic carbocycles. The van der Waals surface area contributed by atoms with Crippen molar-refractivity contribution < 1.29 is 46.1 Å². The van der Waals surface area contributed by atoms with Gasteiger partial charge in [0.2, 0.25) is 6.29 Å². The topological polar surface area (TPSA) is 66.8 Å². The highest BCUT2D eigenvalue weighted by Gasteiger charge is 2.70. The van der Waals surface area contributed by atoms with Gasteiger partial charge in [0.25, 0.3) is 0 Å². The van der Waals surface area contributed by atoms with Crippen LogP contribution in [0.4, 0.5) is 26.3 Å². The number of ether oxygens (including phenoxy) is 1. The summed E-state index contributed by atoms with van der Waals surface area (Å²) in [5.41, 5.74) is -0.170. The third-order valence-electron chi connectivity index (χ3n) is 2.86. The second kappa shape index (κ2) is 8.00. The highest BCUT2D eigenvalue weighted by molar-refractivity contribution is 5.86. The molecule has 0 saturated heterocycles. The molecule has 0 bridgehead atoms. The Kier molecular flexibility index (Phi) is 7.55. The molecule has 0 fully saturated rings. The predicted octanol–water partition coefficient (Wildman–Crippen LogP) is 2.88. The second-order valence-corrected chi connectivity index (χ2v) is 4.99. The van der Waals surface area contributed by atoms with Gasteiger partial charge in [0.1, 0.15) is 0 Å². The van der Waals surface area contributed by atoms with E-state index in [0.29, 0.717) is 0 Å². The summed E-state index contributed by atoms with van der Waals surface area (Å²) < 4.78 is 84.2. The summed E-state index contributed by atoms with van der Waals surface area (Å²) in [5, 5.41) is 17.5. The molecule has 0 aliphatic heterocycles. The molecule has 0 radical (unpaired) electrons. The van der Waals surface area contributed by atoms with Crippen molar-refractivity contribution in [3.8, 4) is 0 Å². The number of alkyl halides is 6. The van der Waals surface area contributed by atoms with E-state index in [0.717, 1.165) is 0 Å². The van der Waals surface area contributed by atoms with Crippen LogP contribution in [0.2, 0.25) is 0 Å². The normalized spacial score (nSPS) is 14.5. The molecule has 0 spiro atoms. The number of aliphatic hydroxyl groups is 2. The smallest absolute Gasteiger partial charge is 0.371 e. The van der Waals surface area contributed by atoms with Crippen LogP contribution in [-0.4, -0.2) is 46.8 Å². The lowest BCUT2D eigenvalue weighted by Gasteiger charge is -2.33. The fourth-order valence-corrected chi connectivity index (χ4v) is 1.47. The first kappa shape index (κ1) is 21.7. The van der Waals surface area contributed by atoms with Gasteiger partial charge in [-0.3, -0.25) is 0 Å². The van der Waals surface area contributed by atoms with E-state index in [1.54, 1.807) is 0 Å². The first-order chi connectivity index (χ1) is 10.3. The Morgan fingerprint density at radius 3 is 2.04 bits per heavy atom. The molecule has 1 unspecified atom stereocenters. The molecule has 136 valence electrons. The molecule has 0 aliphatic carbocycles. The summed E-state index contributed by atoms with van der Waals surface area (Å²) in [6, 6.07) is 0. The molecule has 0 heterocycles. The Bertz CT molecular complexity index is 425. The number of aliphatic hydroxyl groups excluding tert-OH is 2. The van der Waals surface area contributed by atoms with Crippen LogP contribution in [0.5, 0.6) is 0 Å². The SMILES string of the molecule is C=C(C)C(=O)OC(O)CCC(F)(F)C(F)(F)C(F)(F)CCCO. The zero-order chi connectivity index (χ0) is 18.5. The maximum Gasteiger partial charge on any atom is 0.371 e. The van der Waals surface area contributed by atoms with Crippen LogP contribution in [0.3, 0.4) is 0 Å². The van der Waals surface area contributed by atoms with Crippen LogP contribution >= 0.6 is 0 Å². The van der Waals surface area contributed by atoms with Gasteiger partial charge >= 0.3 is 23.7 Å². The van der Waals surface area contributed by atoms with Crippen molar-refractivity contribution >= 4 is 5.97 Å². The predicted molar refractivity (Wildman–Crippen MR) is 67.3 cm³/mol. The first-order valence-corrected chi connectivity index (χ1v) is 6.57. The molecule has 2 N–H and O–H groups in total. The highest BCUT2D eigenvalue weighted by Crippen LogP contribution is 2.49. The Balaban J connectivity index is 4.83. The zero-order valence-corrected chi connectivity index (χ0v) is 12.3. The van der Waals surface area contributed by atoms with E-state index in [1.165, 1.54) is 6.92 Å². The number of hydrogen-bond acceptors (Lipinski definition) is 4. The van der Waals surface area contributed by atoms with Crippen molar-refractivity contribution in [1.29, 1.82) is 0 Å². The van der Waals surface area contributed by atoms with Gasteiger partial charge in [0, 0.05) is 31.4 Å². The summed E-state index contributed by atoms with van der Waals surface area (Å²) in [6.45, 7) is 3.48. The van der Waals surface area contributed by atoms with Gasteiger partial charge in [-0.25, -0.2) is 4.79 Å². The van der Waals surface area contributed by atoms with E-state index in [4.69, 9.17) is 10.2 Å². The summed E-state index contributed by atoms with van der Waals surface area (Å²) in [5.74, 6) is -17.0. The molecule has 4 nitrogen and oxygen atoms in total. The maximum atomic E-state index is 13.4. The molecular weight excluding hydrogens is 334 g/mol. The van der Waals surface area contributed by atoms with Crippen molar-refractivity contribution in [3.63, 3.8) is 0 Å². The fourth-order valence-electron chi connectivity index (χ4n) is 1.47. The molecule has 0 aromatic heterocycles. The van der Waals surface area contributed by atoms with Crippen molar-refractivity contribution in [2.45, 2.75) is 56.7 Å². The second-order valence-electron chi connectivity index (χ2n) is 4.99. The molecule has 0 amide bonds. The summed E-state index contributed by atoms with van der Waals surface area (Å²) in [6.07, 6.45) is -7.57. The van der Waals surface area contributed by atoms with E-state index in [1.807, 2.05) is 0 Å². The standard InChI is InChI=1S/C13H18F6O4/c1-8(2)10(22)23-9(21)4-6-12(16,17)13(18,19)11(14,15)5-3-7-20/h9,20-21H,1,3-7H2,2H3. The van der Waals surface area contributed by atoms with Gasteiger partial charge in [-0.15, -0.1) is 0 Å². The summed E-state index contributed by atoms with van der Waals surface area (Å²) in [7, 11) is 0.